The average Bonchev–Trinajstić information content (AvgIpc) is 2.89. The Bertz CT molecular complexity index is 906. The van der Waals surface area contributed by atoms with Crippen molar-refractivity contribution in [3.63, 3.8) is 0 Å². The minimum absolute atomic E-state index is 0.194. The highest BCUT2D eigenvalue weighted by atomic mass is 32.2. The van der Waals surface area contributed by atoms with Crippen LogP contribution >= 0.6 is 11.3 Å². The molecule has 4 rings (SSSR count). The Hall–Kier alpha value is -1.29. The Balaban J connectivity index is 1.71. The summed E-state index contributed by atoms with van der Waals surface area (Å²) in [6.07, 6.45) is 0. The van der Waals surface area contributed by atoms with E-state index in [1.54, 1.807) is 11.3 Å². The van der Waals surface area contributed by atoms with E-state index in [0.29, 0.717) is 19.6 Å². The van der Waals surface area contributed by atoms with Crippen molar-refractivity contribution in [2.24, 2.45) is 0 Å². The number of aromatic nitrogens is 2. The summed E-state index contributed by atoms with van der Waals surface area (Å²) in [6.45, 7) is 9.18. The van der Waals surface area contributed by atoms with E-state index in [0.717, 1.165) is 48.2 Å². The lowest BCUT2D eigenvalue weighted by molar-refractivity contribution is 0.0331. The molecule has 0 saturated carbocycles. The molecule has 0 bridgehead atoms. The minimum Gasteiger partial charge on any atom is -0.379 e. The lowest BCUT2D eigenvalue weighted by Crippen LogP contribution is -2.41. The molecule has 2 aliphatic heterocycles. The number of anilines is 1. The van der Waals surface area contributed by atoms with E-state index >= 15 is 0 Å². The van der Waals surface area contributed by atoms with E-state index in [2.05, 4.69) is 23.6 Å². The van der Waals surface area contributed by atoms with E-state index in [1.807, 2.05) is 0 Å². The first kappa shape index (κ1) is 18.1. The highest BCUT2D eigenvalue weighted by molar-refractivity contribution is 7.91. The van der Waals surface area contributed by atoms with Gasteiger partial charge in [-0.3, -0.25) is 4.90 Å². The van der Waals surface area contributed by atoms with Gasteiger partial charge in [0.15, 0.2) is 9.84 Å². The van der Waals surface area contributed by atoms with Crippen LogP contribution in [0.25, 0.3) is 10.2 Å². The van der Waals surface area contributed by atoms with Crippen LogP contribution in [0.4, 0.5) is 5.82 Å². The van der Waals surface area contributed by atoms with Crippen LogP contribution in [0.15, 0.2) is 0 Å². The number of aryl methyl sites for hydroxylation is 2. The molecule has 2 aromatic heterocycles. The zero-order valence-electron chi connectivity index (χ0n) is 15.2. The number of thiophene rings is 1. The van der Waals surface area contributed by atoms with Crippen molar-refractivity contribution in [2.75, 3.05) is 55.8 Å². The van der Waals surface area contributed by atoms with Crippen LogP contribution in [0.5, 0.6) is 0 Å². The van der Waals surface area contributed by atoms with Crippen LogP contribution in [0.3, 0.4) is 0 Å². The second-order valence-electron chi connectivity index (χ2n) is 6.95. The summed E-state index contributed by atoms with van der Waals surface area (Å²) >= 11 is 1.69. The molecule has 2 fully saturated rings. The number of fused-ring (bicyclic) bond motifs is 1. The summed E-state index contributed by atoms with van der Waals surface area (Å²) in [5.74, 6) is 2.10. The third-order valence-electron chi connectivity index (χ3n) is 5.17. The Kier molecular flexibility index (Phi) is 4.89. The van der Waals surface area contributed by atoms with Gasteiger partial charge in [0.2, 0.25) is 0 Å². The maximum Gasteiger partial charge on any atom is 0.153 e. The number of morpholine rings is 1. The molecule has 0 amide bonds. The van der Waals surface area contributed by atoms with Gasteiger partial charge in [-0.25, -0.2) is 18.4 Å². The lowest BCUT2D eigenvalue weighted by atomic mass is 10.2. The second-order valence-corrected chi connectivity index (χ2v) is 10.5. The van der Waals surface area contributed by atoms with Crippen LogP contribution in [-0.2, 0) is 21.1 Å². The third-order valence-corrected chi connectivity index (χ3v) is 7.88. The Morgan fingerprint density at radius 2 is 1.77 bits per heavy atom. The molecule has 142 valence electrons. The van der Waals surface area contributed by atoms with Crippen LogP contribution in [0, 0.1) is 13.8 Å². The molecule has 0 unspecified atom stereocenters. The second kappa shape index (κ2) is 7.03. The quantitative estimate of drug-likeness (QED) is 0.776. The average molecular weight is 397 g/mol. The molecule has 26 heavy (non-hydrogen) atoms. The van der Waals surface area contributed by atoms with E-state index < -0.39 is 9.84 Å². The topological polar surface area (TPSA) is 75.6 Å². The summed E-state index contributed by atoms with van der Waals surface area (Å²) in [7, 11) is -2.92. The Labute approximate surface area is 157 Å². The zero-order chi connectivity index (χ0) is 18.3. The van der Waals surface area contributed by atoms with Gasteiger partial charge in [-0.15, -0.1) is 11.3 Å². The first-order valence-electron chi connectivity index (χ1n) is 8.95. The third kappa shape index (κ3) is 3.58. The molecule has 0 radical (unpaired) electrons. The SMILES string of the molecule is Cc1sc2nc(CN3CCOCC3)nc(N3CCS(=O)(=O)CC3)c2c1C. The van der Waals surface area contributed by atoms with Crippen LogP contribution in [0.2, 0.25) is 0 Å². The molecule has 0 aromatic carbocycles. The van der Waals surface area contributed by atoms with Gasteiger partial charge in [-0.2, -0.15) is 0 Å². The molecule has 2 aromatic rings. The van der Waals surface area contributed by atoms with Crippen LogP contribution < -0.4 is 4.90 Å². The molecule has 9 heteroatoms. The molecule has 0 aliphatic carbocycles. The van der Waals surface area contributed by atoms with E-state index in [1.165, 1.54) is 10.4 Å². The number of rotatable bonds is 3. The van der Waals surface area contributed by atoms with Gasteiger partial charge in [-0.1, -0.05) is 0 Å². The largest absolute Gasteiger partial charge is 0.379 e. The van der Waals surface area contributed by atoms with Crippen molar-refractivity contribution in [2.45, 2.75) is 20.4 Å². The molecule has 0 spiro atoms. The predicted octanol–water partition coefficient (Wildman–Crippen LogP) is 1.38. The Morgan fingerprint density at radius 1 is 1.08 bits per heavy atom. The van der Waals surface area contributed by atoms with Gasteiger partial charge in [0.05, 0.1) is 36.7 Å². The van der Waals surface area contributed by atoms with Gasteiger partial charge in [0, 0.05) is 31.1 Å². The number of nitrogens with zero attached hydrogens (tertiary/aromatic N) is 4. The monoisotopic (exact) mass is 396 g/mol. The first-order chi connectivity index (χ1) is 12.4. The predicted molar refractivity (Wildman–Crippen MR) is 104 cm³/mol. The molecule has 2 aliphatic rings. The van der Waals surface area contributed by atoms with Crippen molar-refractivity contribution < 1.29 is 13.2 Å². The first-order valence-corrected chi connectivity index (χ1v) is 11.6. The highest BCUT2D eigenvalue weighted by Crippen LogP contribution is 2.35. The van der Waals surface area contributed by atoms with E-state index in [9.17, 15) is 8.42 Å². The van der Waals surface area contributed by atoms with Crippen molar-refractivity contribution in [1.29, 1.82) is 0 Å². The fraction of sp³-hybridized carbons (Fsp3) is 0.647. The normalized spacial score (nSPS) is 21.4. The Morgan fingerprint density at radius 3 is 2.46 bits per heavy atom. The standard InChI is InChI=1S/C17H24N4O3S2/c1-12-13(2)25-17-15(12)16(21-5-9-26(22,23)10-6-21)18-14(19-17)11-20-3-7-24-8-4-20/h3-11H2,1-2H3. The van der Waals surface area contributed by atoms with Crippen molar-refractivity contribution >= 4 is 37.2 Å². The minimum atomic E-state index is -2.92. The number of ether oxygens (including phenoxy) is 1. The summed E-state index contributed by atoms with van der Waals surface area (Å²) in [5, 5.41) is 1.08. The zero-order valence-corrected chi connectivity index (χ0v) is 16.8. The molecule has 0 N–H and O–H groups in total. The molecule has 4 heterocycles. The van der Waals surface area contributed by atoms with Gasteiger partial charge in [0.1, 0.15) is 16.5 Å². The van der Waals surface area contributed by atoms with Gasteiger partial charge < -0.3 is 9.64 Å². The molecule has 2 saturated heterocycles. The van der Waals surface area contributed by atoms with Crippen LogP contribution in [0.1, 0.15) is 16.3 Å². The smallest absolute Gasteiger partial charge is 0.153 e. The highest BCUT2D eigenvalue weighted by Gasteiger charge is 2.26. The van der Waals surface area contributed by atoms with Gasteiger partial charge >= 0.3 is 0 Å². The fourth-order valence-electron chi connectivity index (χ4n) is 3.45. The summed E-state index contributed by atoms with van der Waals surface area (Å²) in [4.78, 5) is 16.4. The number of sulfone groups is 1. The van der Waals surface area contributed by atoms with Crippen molar-refractivity contribution in [3.05, 3.63) is 16.3 Å². The summed E-state index contributed by atoms with van der Waals surface area (Å²) in [5.41, 5.74) is 1.20. The lowest BCUT2D eigenvalue weighted by Gasteiger charge is -2.29. The number of hydrogen-bond donors (Lipinski definition) is 0. The molecular formula is C17H24N4O3S2. The van der Waals surface area contributed by atoms with Crippen molar-refractivity contribution in [1.82, 2.24) is 14.9 Å². The molecular weight excluding hydrogens is 372 g/mol. The maximum atomic E-state index is 11.8. The molecule has 7 nitrogen and oxygen atoms in total. The number of hydrogen-bond acceptors (Lipinski definition) is 8. The van der Waals surface area contributed by atoms with Gasteiger partial charge in [-0.05, 0) is 19.4 Å². The van der Waals surface area contributed by atoms with E-state index in [4.69, 9.17) is 14.7 Å². The van der Waals surface area contributed by atoms with Gasteiger partial charge in [0.25, 0.3) is 0 Å². The van der Waals surface area contributed by atoms with Crippen LogP contribution in [-0.4, -0.2) is 74.2 Å². The molecule has 0 atom stereocenters. The maximum absolute atomic E-state index is 11.8. The fourth-order valence-corrected chi connectivity index (χ4v) is 5.70. The summed E-state index contributed by atoms with van der Waals surface area (Å²) in [6, 6.07) is 0. The summed E-state index contributed by atoms with van der Waals surface area (Å²) < 4.78 is 29.1. The van der Waals surface area contributed by atoms with E-state index in [-0.39, 0.29) is 11.5 Å². The van der Waals surface area contributed by atoms with Crippen molar-refractivity contribution in [3.8, 4) is 0 Å².